The van der Waals surface area contributed by atoms with Gasteiger partial charge in [-0.3, -0.25) is 4.79 Å². The summed E-state index contributed by atoms with van der Waals surface area (Å²) < 4.78 is 5.14. The van der Waals surface area contributed by atoms with Crippen LogP contribution in [0.15, 0.2) is 0 Å². The lowest BCUT2D eigenvalue weighted by Gasteiger charge is -2.37. The second-order valence-electron chi connectivity index (χ2n) is 5.45. The van der Waals surface area contributed by atoms with E-state index in [1.54, 1.807) is 12.0 Å². The van der Waals surface area contributed by atoms with Gasteiger partial charge in [-0.05, 0) is 32.1 Å². The molecule has 1 saturated heterocycles. The summed E-state index contributed by atoms with van der Waals surface area (Å²) >= 11 is 0. The Hall–Kier alpha value is -1.30. The first kappa shape index (κ1) is 16.8. The van der Waals surface area contributed by atoms with Gasteiger partial charge >= 0.3 is 12.0 Å². The van der Waals surface area contributed by atoms with E-state index in [9.17, 15) is 9.59 Å². The molecule has 1 unspecified atom stereocenters. The summed E-state index contributed by atoms with van der Waals surface area (Å²) in [4.78, 5) is 26.6. The highest BCUT2D eigenvalue weighted by Crippen LogP contribution is 2.19. The Morgan fingerprint density at radius 2 is 2.00 bits per heavy atom. The van der Waals surface area contributed by atoms with Crippen molar-refractivity contribution in [2.45, 2.75) is 39.2 Å². The number of urea groups is 1. The lowest BCUT2D eigenvalue weighted by Crippen LogP contribution is -2.51. The smallest absolute Gasteiger partial charge is 0.323 e. The predicted molar refractivity (Wildman–Crippen MR) is 75.7 cm³/mol. The van der Waals surface area contributed by atoms with Crippen LogP contribution < -0.4 is 0 Å². The molecule has 0 aliphatic carbocycles. The van der Waals surface area contributed by atoms with Crippen LogP contribution in [0, 0.1) is 5.92 Å². The molecule has 0 radical (unpaired) electrons. The molecule has 0 spiro atoms. The maximum absolute atomic E-state index is 12.5. The van der Waals surface area contributed by atoms with Crippen LogP contribution in [0.1, 0.15) is 33.1 Å². The van der Waals surface area contributed by atoms with Crippen molar-refractivity contribution in [2.75, 3.05) is 33.4 Å². The quantitative estimate of drug-likeness (QED) is 0.806. The average molecular weight is 286 g/mol. The minimum Gasteiger partial charge on any atom is -0.480 e. The fourth-order valence-electron chi connectivity index (χ4n) is 2.49. The number of methoxy groups -OCH3 is 1. The Bertz CT molecular complexity index is 327. The topological polar surface area (TPSA) is 70.1 Å². The fourth-order valence-corrected chi connectivity index (χ4v) is 2.49. The third-order valence-corrected chi connectivity index (χ3v) is 3.96. The highest BCUT2D eigenvalue weighted by atomic mass is 16.5. The zero-order valence-corrected chi connectivity index (χ0v) is 12.7. The third kappa shape index (κ3) is 4.67. The highest BCUT2D eigenvalue weighted by molar-refractivity contribution is 5.80. The average Bonchev–Trinajstić information content (AvgIpc) is 2.44. The number of nitrogens with zero attached hydrogens (tertiary/aromatic N) is 2. The molecule has 0 aromatic rings. The number of hydrogen-bond donors (Lipinski definition) is 1. The van der Waals surface area contributed by atoms with Gasteiger partial charge in [0.25, 0.3) is 0 Å². The van der Waals surface area contributed by atoms with E-state index in [0.29, 0.717) is 19.0 Å². The molecular weight excluding hydrogens is 260 g/mol. The maximum Gasteiger partial charge on any atom is 0.323 e. The molecule has 1 N–H and O–H groups in total. The minimum absolute atomic E-state index is 0.0599. The van der Waals surface area contributed by atoms with E-state index >= 15 is 0 Å². The number of amides is 2. The zero-order chi connectivity index (χ0) is 15.1. The van der Waals surface area contributed by atoms with Gasteiger partial charge in [-0.2, -0.15) is 0 Å². The predicted octanol–water partition coefficient (Wildman–Crippen LogP) is 1.65. The van der Waals surface area contributed by atoms with Crippen molar-refractivity contribution in [1.82, 2.24) is 9.80 Å². The Balaban J connectivity index is 2.59. The monoisotopic (exact) mass is 286 g/mol. The number of carbonyl (C=O) groups is 2. The van der Waals surface area contributed by atoms with Crippen molar-refractivity contribution in [3.63, 3.8) is 0 Å². The molecule has 1 fully saturated rings. The molecule has 1 aliphatic rings. The molecule has 116 valence electrons. The van der Waals surface area contributed by atoms with Crippen LogP contribution in [0.25, 0.3) is 0 Å². The van der Waals surface area contributed by atoms with Gasteiger partial charge in [0, 0.05) is 32.8 Å². The van der Waals surface area contributed by atoms with E-state index in [-0.39, 0.29) is 18.6 Å². The number of carboxylic acid groups (broad SMARTS) is 1. The zero-order valence-electron chi connectivity index (χ0n) is 12.7. The highest BCUT2D eigenvalue weighted by Gasteiger charge is 2.29. The van der Waals surface area contributed by atoms with Gasteiger partial charge < -0.3 is 19.6 Å². The van der Waals surface area contributed by atoms with E-state index in [2.05, 4.69) is 0 Å². The Morgan fingerprint density at radius 1 is 1.40 bits per heavy atom. The van der Waals surface area contributed by atoms with Crippen LogP contribution in [0.5, 0.6) is 0 Å². The van der Waals surface area contributed by atoms with Crippen molar-refractivity contribution in [2.24, 2.45) is 5.92 Å². The second kappa shape index (κ2) is 8.09. The van der Waals surface area contributed by atoms with Crippen LogP contribution in [0.3, 0.4) is 0 Å². The lowest BCUT2D eigenvalue weighted by molar-refractivity contribution is -0.138. The number of rotatable bonds is 6. The summed E-state index contributed by atoms with van der Waals surface area (Å²) in [5.74, 6) is -0.464. The lowest BCUT2D eigenvalue weighted by atomic mass is 9.98. The van der Waals surface area contributed by atoms with E-state index in [0.717, 1.165) is 25.9 Å². The number of piperidine rings is 1. The molecule has 1 rings (SSSR count). The number of aliphatic carboxylic acids is 1. The molecule has 2 amide bonds. The van der Waals surface area contributed by atoms with Crippen molar-refractivity contribution >= 4 is 12.0 Å². The molecule has 0 bridgehead atoms. The second-order valence-corrected chi connectivity index (χ2v) is 5.45. The molecule has 1 heterocycles. The molecule has 1 atom stereocenters. The van der Waals surface area contributed by atoms with Gasteiger partial charge in [-0.15, -0.1) is 0 Å². The van der Waals surface area contributed by atoms with Crippen molar-refractivity contribution in [3.8, 4) is 0 Å². The van der Waals surface area contributed by atoms with Crippen molar-refractivity contribution < 1.29 is 19.4 Å². The Kier molecular flexibility index (Phi) is 6.78. The molecule has 1 aliphatic heterocycles. The molecule has 6 heteroatoms. The van der Waals surface area contributed by atoms with Crippen LogP contribution in [0.4, 0.5) is 4.79 Å². The van der Waals surface area contributed by atoms with Crippen LogP contribution >= 0.6 is 0 Å². The molecule has 0 aromatic heterocycles. The van der Waals surface area contributed by atoms with Crippen molar-refractivity contribution in [3.05, 3.63) is 0 Å². The van der Waals surface area contributed by atoms with Gasteiger partial charge in [0.15, 0.2) is 0 Å². The third-order valence-electron chi connectivity index (χ3n) is 3.96. The first-order valence-corrected chi connectivity index (χ1v) is 7.25. The van der Waals surface area contributed by atoms with Crippen LogP contribution in [-0.4, -0.2) is 66.3 Å². The standard InChI is InChI=1S/C14H26N2O4/c1-4-11(2)16(9-13(17)18)14(19)15-7-5-12(6-8-15)10-20-3/h11-12H,4-10H2,1-3H3,(H,17,18). The number of hydrogen-bond acceptors (Lipinski definition) is 3. The van der Waals surface area contributed by atoms with Crippen LogP contribution in [0.2, 0.25) is 0 Å². The van der Waals surface area contributed by atoms with Gasteiger partial charge in [-0.1, -0.05) is 6.92 Å². The SMILES string of the molecule is CCC(C)N(CC(=O)O)C(=O)N1CCC(COC)CC1. The van der Waals surface area contributed by atoms with Gasteiger partial charge in [0.2, 0.25) is 0 Å². The van der Waals surface area contributed by atoms with E-state index in [1.165, 1.54) is 4.90 Å². The summed E-state index contributed by atoms with van der Waals surface area (Å²) in [7, 11) is 1.69. The summed E-state index contributed by atoms with van der Waals surface area (Å²) in [6.45, 7) is 5.70. The molecular formula is C14H26N2O4. The van der Waals surface area contributed by atoms with E-state index in [1.807, 2.05) is 13.8 Å². The first-order valence-electron chi connectivity index (χ1n) is 7.25. The van der Waals surface area contributed by atoms with Crippen molar-refractivity contribution in [1.29, 1.82) is 0 Å². The number of likely N-dealkylation sites (tertiary alicyclic amines) is 1. The summed E-state index contributed by atoms with van der Waals surface area (Å²) in [5.41, 5.74) is 0. The Labute approximate surface area is 120 Å². The normalized spacial score (nSPS) is 17.9. The molecule has 0 saturated carbocycles. The van der Waals surface area contributed by atoms with Crippen LogP contribution in [-0.2, 0) is 9.53 Å². The van der Waals surface area contributed by atoms with E-state index in [4.69, 9.17) is 9.84 Å². The minimum atomic E-state index is -0.965. The largest absolute Gasteiger partial charge is 0.480 e. The summed E-state index contributed by atoms with van der Waals surface area (Å²) in [6, 6.07) is -0.215. The molecule has 20 heavy (non-hydrogen) atoms. The molecule has 0 aromatic carbocycles. The number of carbonyl (C=O) groups excluding carboxylic acids is 1. The molecule has 6 nitrogen and oxygen atoms in total. The number of carboxylic acids is 1. The number of ether oxygens (including phenoxy) is 1. The Morgan fingerprint density at radius 3 is 2.45 bits per heavy atom. The van der Waals surface area contributed by atoms with Gasteiger partial charge in [0.05, 0.1) is 0 Å². The summed E-state index contributed by atoms with van der Waals surface area (Å²) in [6.07, 6.45) is 2.58. The fraction of sp³-hybridized carbons (Fsp3) is 0.857. The van der Waals surface area contributed by atoms with Gasteiger partial charge in [0.1, 0.15) is 6.54 Å². The summed E-state index contributed by atoms with van der Waals surface area (Å²) in [5, 5.41) is 8.96. The first-order chi connectivity index (χ1) is 9.49. The van der Waals surface area contributed by atoms with Gasteiger partial charge in [-0.25, -0.2) is 4.79 Å². The van der Waals surface area contributed by atoms with E-state index < -0.39 is 5.97 Å². The maximum atomic E-state index is 12.5.